The average molecular weight is 255 g/mol. The van der Waals surface area contributed by atoms with E-state index in [4.69, 9.17) is 4.74 Å². The van der Waals surface area contributed by atoms with Crippen molar-refractivity contribution in [2.24, 2.45) is 5.92 Å². The molecule has 0 radical (unpaired) electrons. The summed E-state index contributed by atoms with van der Waals surface area (Å²) in [6.07, 6.45) is 3.36. The minimum atomic E-state index is -0.00607. The third-order valence-corrected chi connectivity index (χ3v) is 4.01. The molecule has 5 nitrogen and oxygen atoms in total. The summed E-state index contributed by atoms with van der Waals surface area (Å²) in [4.78, 5) is 14.2. The van der Waals surface area contributed by atoms with E-state index in [2.05, 4.69) is 15.5 Å². The SMILES string of the molecule is CN1CCNCC1C(=O)NCCC1CCOCC1. The summed E-state index contributed by atoms with van der Waals surface area (Å²) in [5.74, 6) is 0.887. The normalized spacial score (nSPS) is 27.1. The Morgan fingerprint density at radius 1 is 1.44 bits per heavy atom. The van der Waals surface area contributed by atoms with E-state index in [-0.39, 0.29) is 11.9 Å². The molecule has 104 valence electrons. The van der Waals surface area contributed by atoms with E-state index in [1.807, 2.05) is 7.05 Å². The van der Waals surface area contributed by atoms with E-state index >= 15 is 0 Å². The summed E-state index contributed by atoms with van der Waals surface area (Å²) in [5.41, 5.74) is 0. The van der Waals surface area contributed by atoms with E-state index in [9.17, 15) is 4.79 Å². The Balaban J connectivity index is 1.64. The maximum atomic E-state index is 12.0. The van der Waals surface area contributed by atoms with E-state index in [1.54, 1.807) is 0 Å². The van der Waals surface area contributed by atoms with Gasteiger partial charge < -0.3 is 15.4 Å². The first-order valence-corrected chi connectivity index (χ1v) is 7.04. The minimum absolute atomic E-state index is 0.00607. The monoisotopic (exact) mass is 255 g/mol. The molecule has 2 heterocycles. The predicted molar refractivity (Wildman–Crippen MR) is 70.5 cm³/mol. The van der Waals surface area contributed by atoms with Gasteiger partial charge in [0, 0.05) is 39.4 Å². The second kappa shape index (κ2) is 7.07. The molecular formula is C13H25N3O2. The van der Waals surface area contributed by atoms with Gasteiger partial charge in [-0.25, -0.2) is 0 Å². The third-order valence-electron chi connectivity index (χ3n) is 4.01. The number of hydrogen-bond acceptors (Lipinski definition) is 4. The number of nitrogens with one attached hydrogen (secondary N) is 2. The molecule has 1 amide bonds. The Kier molecular flexibility index (Phi) is 5.41. The highest BCUT2D eigenvalue weighted by atomic mass is 16.5. The van der Waals surface area contributed by atoms with Crippen LogP contribution in [0.2, 0.25) is 0 Å². The fourth-order valence-electron chi connectivity index (χ4n) is 2.65. The number of ether oxygens (including phenoxy) is 1. The van der Waals surface area contributed by atoms with Crippen molar-refractivity contribution in [1.82, 2.24) is 15.5 Å². The van der Waals surface area contributed by atoms with Crippen LogP contribution in [0.15, 0.2) is 0 Å². The molecule has 0 spiro atoms. The van der Waals surface area contributed by atoms with Crippen molar-refractivity contribution in [3.05, 3.63) is 0 Å². The summed E-state index contributed by atoms with van der Waals surface area (Å²) in [6.45, 7) is 5.25. The maximum absolute atomic E-state index is 12.0. The van der Waals surface area contributed by atoms with Gasteiger partial charge in [-0.3, -0.25) is 9.69 Å². The molecule has 2 fully saturated rings. The lowest BCUT2D eigenvalue weighted by molar-refractivity contribution is -0.126. The standard InChI is InChI=1S/C13H25N3O2/c1-16-7-6-14-10-12(16)13(17)15-5-2-11-3-8-18-9-4-11/h11-12,14H,2-10H2,1H3,(H,15,17). The molecule has 2 aliphatic rings. The Morgan fingerprint density at radius 2 is 2.22 bits per heavy atom. The number of carbonyl (C=O) groups excluding carboxylic acids is 1. The highest BCUT2D eigenvalue weighted by molar-refractivity contribution is 5.82. The Labute approximate surface area is 109 Å². The van der Waals surface area contributed by atoms with Gasteiger partial charge in [0.25, 0.3) is 0 Å². The van der Waals surface area contributed by atoms with E-state index in [0.717, 1.165) is 64.6 Å². The topological polar surface area (TPSA) is 53.6 Å². The van der Waals surface area contributed by atoms with E-state index < -0.39 is 0 Å². The molecule has 1 atom stereocenters. The summed E-state index contributed by atoms with van der Waals surface area (Å²) >= 11 is 0. The van der Waals surface area contributed by atoms with Crippen molar-refractivity contribution < 1.29 is 9.53 Å². The molecular weight excluding hydrogens is 230 g/mol. The van der Waals surface area contributed by atoms with Crippen molar-refractivity contribution in [1.29, 1.82) is 0 Å². The summed E-state index contributed by atoms with van der Waals surface area (Å²) < 4.78 is 5.33. The molecule has 0 aliphatic carbocycles. The van der Waals surface area contributed by atoms with E-state index in [1.165, 1.54) is 0 Å². The van der Waals surface area contributed by atoms with Crippen molar-refractivity contribution in [3.8, 4) is 0 Å². The Hall–Kier alpha value is -0.650. The van der Waals surface area contributed by atoms with Crippen LogP contribution in [0.4, 0.5) is 0 Å². The molecule has 2 N–H and O–H groups in total. The van der Waals surface area contributed by atoms with Gasteiger partial charge in [0.2, 0.25) is 5.91 Å². The average Bonchev–Trinajstić information content (AvgIpc) is 2.40. The number of amides is 1. The first-order valence-electron chi connectivity index (χ1n) is 7.04. The lowest BCUT2D eigenvalue weighted by atomic mass is 9.96. The van der Waals surface area contributed by atoms with Crippen LogP contribution in [0.25, 0.3) is 0 Å². The Bertz CT molecular complexity index is 267. The molecule has 2 saturated heterocycles. The van der Waals surface area contributed by atoms with Crippen molar-refractivity contribution in [2.45, 2.75) is 25.3 Å². The zero-order valence-corrected chi connectivity index (χ0v) is 11.3. The number of piperazine rings is 1. The zero-order chi connectivity index (χ0) is 12.8. The van der Waals surface area contributed by atoms with Gasteiger partial charge in [-0.1, -0.05) is 0 Å². The van der Waals surface area contributed by atoms with Gasteiger partial charge in [-0.15, -0.1) is 0 Å². The number of likely N-dealkylation sites (N-methyl/N-ethyl adjacent to an activating group) is 1. The van der Waals surface area contributed by atoms with Gasteiger partial charge in [0.1, 0.15) is 6.04 Å². The second-order valence-corrected chi connectivity index (χ2v) is 5.34. The lowest BCUT2D eigenvalue weighted by Crippen LogP contribution is -2.56. The van der Waals surface area contributed by atoms with E-state index in [0.29, 0.717) is 0 Å². The highest BCUT2D eigenvalue weighted by Crippen LogP contribution is 2.17. The van der Waals surface area contributed by atoms with Gasteiger partial charge >= 0.3 is 0 Å². The molecule has 0 aromatic carbocycles. The molecule has 2 rings (SSSR count). The number of rotatable bonds is 4. The van der Waals surface area contributed by atoms with Crippen molar-refractivity contribution in [2.75, 3.05) is 46.4 Å². The number of nitrogens with zero attached hydrogens (tertiary/aromatic N) is 1. The second-order valence-electron chi connectivity index (χ2n) is 5.34. The summed E-state index contributed by atoms with van der Waals surface area (Å²) in [5, 5.41) is 6.34. The van der Waals surface area contributed by atoms with Crippen LogP contribution in [0.1, 0.15) is 19.3 Å². The largest absolute Gasteiger partial charge is 0.381 e. The van der Waals surface area contributed by atoms with Crippen LogP contribution >= 0.6 is 0 Å². The number of carbonyl (C=O) groups is 1. The fraction of sp³-hybridized carbons (Fsp3) is 0.923. The quantitative estimate of drug-likeness (QED) is 0.732. The zero-order valence-electron chi connectivity index (χ0n) is 11.3. The molecule has 5 heteroatoms. The first-order chi connectivity index (χ1) is 8.77. The van der Waals surface area contributed by atoms with Crippen LogP contribution < -0.4 is 10.6 Å². The lowest BCUT2D eigenvalue weighted by Gasteiger charge is -2.32. The molecule has 18 heavy (non-hydrogen) atoms. The minimum Gasteiger partial charge on any atom is -0.381 e. The third kappa shape index (κ3) is 3.93. The van der Waals surface area contributed by atoms with Crippen LogP contribution in [0.3, 0.4) is 0 Å². The van der Waals surface area contributed by atoms with Crippen molar-refractivity contribution in [3.63, 3.8) is 0 Å². The van der Waals surface area contributed by atoms with Gasteiger partial charge in [0.15, 0.2) is 0 Å². The van der Waals surface area contributed by atoms with Gasteiger partial charge in [-0.05, 0) is 32.2 Å². The van der Waals surface area contributed by atoms with Crippen molar-refractivity contribution >= 4 is 5.91 Å². The van der Waals surface area contributed by atoms with Crippen LogP contribution in [-0.4, -0.2) is 63.3 Å². The van der Waals surface area contributed by atoms with Crippen LogP contribution in [0.5, 0.6) is 0 Å². The molecule has 2 aliphatic heterocycles. The first kappa shape index (κ1) is 13.8. The Morgan fingerprint density at radius 3 is 2.94 bits per heavy atom. The predicted octanol–water partition coefficient (Wildman–Crippen LogP) is -0.177. The smallest absolute Gasteiger partial charge is 0.238 e. The molecule has 0 bridgehead atoms. The van der Waals surface area contributed by atoms with Gasteiger partial charge in [-0.2, -0.15) is 0 Å². The highest BCUT2D eigenvalue weighted by Gasteiger charge is 2.25. The molecule has 0 saturated carbocycles. The molecule has 0 aromatic heterocycles. The van der Waals surface area contributed by atoms with Crippen LogP contribution in [0, 0.1) is 5.92 Å². The number of hydrogen-bond donors (Lipinski definition) is 2. The summed E-state index contributed by atoms with van der Waals surface area (Å²) in [7, 11) is 2.02. The fourth-order valence-corrected chi connectivity index (χ4v) is 2.65. The van der Waals surface area contributed by atoms with Crippen LogP contribution in [-0.2, 0) is 9.53 Å². The maximum Gasteiger partial charge on any atom is 0.238 e. The molecule has 1 unspecified atom stereocenters. The summed E-state index contributed by atoms with van der Waals surface area (Å²) in [6, 6.07) is -0.00607. The van der Waals surface area contributed by atoms with Gasteiger partial charge in [0.05, 0.1) is 0 Å². The molecule has 0 aromatic rings.